The number of amides is 5. The fourth-order valence-electron chi connectivity index (χ4n) is 4.06. The van der Waals surface area contributed by atoms with Crippen LogP contribution in [0.1, 0.15) is 46.9 Å². The van der Waals surface area contributed by atoms with E-state index in [0.717, 1.165) is 4.90 Å². The molecule has 5 amide bonds. The number of carbonyl (C=O) groups is 5. The number of anilines is 1. The molecular weight excluding hydrogens is 484 g/mol. The van der Waals surface area contributed by atoms with Gasteiger partial charge in [0.2, 0.25) is 17.7 Å². The van der Waals surface area contributed by atoms with Gasteiger partial charge in [0.05, 0.1) is 50.8 Å². The highest BCUT2D eigenvalue weighted by Crippen LogP contribution is 2.32. The van der Waals surface area contributed by atoms with Gasteiger partial charge in [-0.15, -0.1) is 0 Å². The smallest absolute Gasteiger partial charge is 0.264 e. The Hall–Kier alpha value is -3.35. The molecule has 12 nitrogen and oxygen atoms in total. The zero-order chi connectivity index (χ0) is 26.8. The lowest BCUT2D eigenvalue weighted by atomic mass is 10.0. The molecule has 0 aliphatic carbocycles. The first-order chi connectivity index (χ1) is 17.8. The molecule has 37 heavy (non-hydrogen) atoms. The maximum absolute atomic E-state index is 13.1. The Morgan fingerprint density at radius 3 is 2.38 bits per heavy atom. The molecule has 0 radical (unpaired) electrons. The molecule has 12 heteroatoms. The minimum absolute atomic E-state index is 0.0712. The number of carbonyl (C=O) groups excluding carboxylic acids is 5. The van der Waals surface area contributed by atoms with Gasteiger partial charge < -0.3 is 24.4 Å². The number of hydrogen-bond acceptors (Lipinski definition) is 9. The minimum atomic E-state index is -1.00. The number of likely N-dealkylation sites (N-methyl/N-ethyl adjacent to an activating group) is 1. The number of benzene rings is 1. The van der Waals surface area contributed by atoms with Crippen LogP contribution in [0.2, 0.25) is 0 Å². The van der Waals surface area contributed by atoms with Gasteiger partial charge in [0.1, 0.15) is 6.04 Å². The number of piperidine rings is 1. The Morgan fingerprint density at radius 1 is 1.03 bits per heavy atom. The maximum Gasteiger partial charge on any atom is 0.264 e. The third kappa shape index (κ3) is 7.34. The fourth-order valence-corrected chi connectivity index (χ4v) is 4.06. The Morgan fingerprint density at radius 2 is 1.70 bits per heavy atom. The second-order valence-electron chi connectivity index (χ2n) is 8.61. The first kappa shape index (κ1) is 28.2. The van der Waals surface area contributed by atoms with Gasteiger partial charge in [-0.05, 0) is 18.6 Å². The van der Waals surface area contributed by atoms with Gasteiger partial charge in [-0.1, -0.05) is 13.0 Å². The standard InChI is InChI=1S/C25H34N4O8/c1-3-21(31)28(2)10-12-36-14-16-37-15-13-35-11-9-26-18-6-4-5-17-22(18)25(34)29(24(17)33)19-7-8-20(30)27-23(19)32/h4-6,19,26H,3,7-16H2,1-2H3,(H,27,30,32). The Bertz CT molecular complexity index is 1010. The first-order valence-corrected chi connectivity index (χ1v) is 12.4. The molecular formula is C25H34N4O8. The molecule has 0 spiro atoms. The molecule has 1 unspecified atom stereocenters. The lowest BCUT2D eigenvalue weighted by molar-refractivity contribution is -0.136. The van der Waals surface area contributed by atoms with Crippen molar-refractivity contribution in [2.24, 2.45) is 0 Å². The van der Waals surface area contributed by atoms with E-state index >= 15 is 0 Å². The van der Waals surface area contributed by atoms with Crippen molar-refractivity contribution in [2.75, 3.05) is 65.1 Å². The number of nitrogens with one attached hydrogen (secondary N) is 2. The molecule has 0 saturated carbocycles. The maximum atomic E-state index is 13.1. The van der Waals surface area contributed by atoms with Gasteiger partial charge in [0.15, 0.2) is 0 Å². The highest BCUT2D eigenvalue weighted by molar-refractivity contribution is 6.25. The van der Waals surface area contributed by atoms with E-state index in [1.807, 2.05) is 6.92 Å². The molecule has 1 aromatic rings. The van der Waals surface area contributed by atoms with Crippen LogP contribution in [0.25, 0.3) is 0 Å². The van der Waals surface area contributed by atoms with Crippen molar-refractivity contribution in [3.63, 3.8) is 0 Å². The molecule has 0 aromatic heterocycles. The topological polar surface area (TPSA) is 144 Å². The summed E-state index contributed by atoms with van der Waals surface area (Å²) in [4.78, 5) is 63.6. The summed E-state index contributed by atoms with van der Waals surface area (Å²) in [5.41, 5.74) is 0.916. The molecule has 2 N–H and O–H groups in total. The number of ether oxygens (including phenoxy) is 3. The van der Waals surface area contributed by atoms with Crippen molar-refractivity contribution in [1.29, 1.82) is 0 Å². The average molecular weight is 519 g/mol. The largest absolute Gasteiger partial charge is 0.382 e. The van der Waals surface area contributed by atoms with Crippen molar-refractivity contribution in [1.82, 2.24) is 15.1 Å². The molecule has 1 atom stereocenters. The van der Waals surface area contributed by atoms with Crippen LogP contribution in [-0.2, 0) is 28.6 Å². The molecule has 0 bridgehead atoms. The Balaban J connectivity index is 1.33. The quantitative estimate of drug-likeness (QED) is 0.249. The fraction of sp³-hybridized carbons (Fsp3) is 0.560. The summed E-state index contributed by atoms with van der Waals surface area (Å²) in [5.74, 6) is -2.07. The lowest BCUT2D eigenvalue weighted by Gasteiger charge is -2.27. The summed E-state index contributed by atoms with van der Waals surface area (Å²) in [6.07, 6.45) is 0.656. The van der Waals surface area contributed by atoms with Crippen LogP contribution >= 0.6 is 0 Å². The Kier molecular flexibility index (Phi) is 10.5. The monoisotopic (exact) mass is 518 g/mol. The van der Waals surface area contributed by atoms with Gasteiger partial charge in [-0.25, -0.2) is 0 Å². The summed E-state index contributed by atoms with van der Waals surface area (Å²) < 4.78 is 16.4. The second-order valence-corrected chi connectivity index (χ2v) is 8.61. The summed E-state index contributed by atoms with van der Waals surface area (Å²) in [6.45, 7) is 5.18. The molecule has 3 rings (SSSR count). The molecule has 2 heterocycles. The van der Waals surface area contributed by atoms with E-state index in [-0.39, 0.29) is 29.9 Å². The summed E-state index contributed by atoms with van der Waals surface area (Å²) in [7, 11) is 1.75. The predicted molar refractivity (Wildman–Crippen MR) is 132 cm³/mol. The first-order valence-electron chi connectivity index (χ1n) is 12.4. The van der Waals surface area contributed by atoms with Crippen LogP contribution in [0.4, 0.5) is 5.69 Å². The zero-order valence-electron chi connectivity index (χ0n) is 21.2. The van der Waals surface area contributed by atoms with E-state index in [1.54, 1.807) is 30.1 Å². The number of hydrogen-bond donors (Lipinski definition) is 2. The van der Waals surface area contributed by atoms with Crippen LogP contribution in [-0.4, -0.2) is 105 Å². The van der Waals surface area contributed by atoms with Crippen LogP contribution in [0.5, 0.6) is 0 Å². The molecule has 2 aliphatic heterocycles. The molecule has 1 fully saturated rings. The van der Waals surface area contributed by atoms with E-state index in [1.165, 1.54) is 0 Å². The molecule has 202 valence electrons. The minimum Gasteiger partial charge on any atom is -0.382 e. The number of nitrogens with zero attached hydrogens (tertiary/aromatic N) is 2. The van der Waals surface area contributed by atoms with Crippen molar-refractivity contribution in [3.8, 4) is 0 Å². The third-order valence-electron chi connectivity index (χ3n) is 6.07. The van der Waals surface area contributed by atoms with Crippen molar-refractivity contribution in [2.45, 2.75) is 32.2 Å². The van der Waals surface area contributed by atoms with E-state index in [0.29, 0.717) is 64.8 Å². The number of rotatable bonds is 15. The SMILES string of the molecule is CCC(=O)N(C)CCOCCOCCOCCNc1cccc2c1C(=O)N(C1CCC(=O)NC1=O)C2=O. The molecule has 1 saturated heterocycles. The summed E-state index contributed by atoms with van der Waals surface area (Å²) in [6, 6.07) is 3.90. The molecule has 2 aliphatic rings. The van der Waals surface area contributed by atoms with E-state index in [4.69, 9.17) is 14.2 Å². The van der Waals surface area contributed by atoms with Crippen molar-refractivity contribution in [3.05, 3.63) is 29.3 Å². The summed E-state index contributed by atoms with van der Waals surface area (Å²) in [5, 5.41) is 5.30. The predicted octanol–water partition coefficient (Wildman–Crippen LogP) is 0.418. The number of fused-ring (bicyclic) bond motifs is 1. The highest BCUT2D eigenvalue weighted by atomic mass is 16.5. The van der Waals surface area contributed by atoms with Gasteiger partial charge in [0, 0.05) is 38.7 Å². The van der Waals surface area contributed by atoms with Crippen LogP contribution in [0.3, 0.4) is 0 Å². The zero-order valence-corrected chi connectivity index (χ0v) is 21.2. The summed E-state index contributed by atoms with van der Waals surface area (Å²) >= 11 is 0. The van der Waals surface area contributed by atoms with Gasteiger partial charge >= 0.3 is 0 Å². The van der Waals surface area contributed by atoms with Crippen molar-refractivity contribution < 1.29 is 38.2 Å². The lowest BCUT2D eigenvalue weighted by Crippen LogP contribution is -2.54. The van der Waals surface area contributed by atoms with Gasteiger partial charge in [-0.3, -0.25) is 34.2 Å². The van der Waals surface area contributed by atoms with E-state index < -0.39 is 29.7 Å². The average Bonchev–Trinajstić information content (AvgIpc) is 3.14. The van der Waals surface area contributed by atoms with Gasteiger partial charge in [0.25, 0.3) is 11.8 Å². The van der Waals surface area contributed by atoms with Crippen LogP contribution in [0.15, 0.2) is 18.2 Å². The molecule has 1 aromatic carbocycles. The van der Waals surface area contributed by atoms with Crippen LogP contribution in [0, 0.1) is 0 Å². The normalized spacial score (nSPS) is 17.1. The third-order valence-corrected chi connectivity index (χ3v) is 6.07. The van der Waals surface area contributed by atoms with E-state index in [9.17, 15) is 24.0 Å². The van der Waals surface area contributed by atoms with Crippen LogP contribution < -0.4 is 10.6 Å². The van der Waals surface area contributed by atoms with Crippen molar-refractivity contribution >= 4 is 35.2 Å². The van der Waals surface area contributed by atoms with E-state index in [2.05, 4.69) is 10.6 Å². The highest BCUT2D eigenvalue weighted by Gasteiger charge is 2.45. The number of imide groups is 2. The van der Waals surface area contributed by atoms with Gasteiger partial charge in [-0.2, -0.15) is 0 Å². The Labute approximate surface area is 215 Å². The second kappa shape index (κ2) is 13.8.